The van der Waals surface area contributed by atoms with Gasteiger partial charge in [0.25, 0.3) is 0 Å². The molecule has 7 nitrogen and oxygen atoms in total. The quantitative estimate of drug-likeness (QED) is 0.399. The van der Waals surface area contributed by atoms with Crippen LogP contribution in [0.5, 0.6) is 17.2 Å². The van der Waals surface area contributed by atoms with E-state index in [0.717, 1.165) is 22.4 Å². The van der Waals surface area contributed by atoms with E-state index in [1.807, 2.05) is 24.3 Å². The van der Waals surface area contributed by atoms with Gasteiger partial charge in [0.15, 0.2) is 6.10 Å². The van der Waals surface area contributed by atoms with E-state index in [2.05, 4.69) is 15.4 Å². The first-order chi connectivity index (χ1) is 17.1. The van der Waals surface area contributed by atoms with Crippen molar-refractivity contribution in [1.82, 2.24) is 14.8 Å². The van der Waals surface area contributed by atoms with Gasteiger partial charge in [0.1, 0.15) is 35.4 Å². The van der Waals surface area contributed by atoms with Gasteiger partial charge in [-0.15, -0.1) is 0 Å². The summed E-state index contributed by atoms with van der Waals surface area (Å²) < 4.78 is 34.6. The van der Waals surface area contributed by atoms with Crippen LogP contribution >= 0.6 is 11.6 Å². The van der Waals surface area contributed by atoms with E-state index >= 15 is 4.39 Å². The zero-order chi connectivity index (χ0) is 24.1. The van der Waals surface area contributed by atoms with Crippen LogP contribution in [0.1, 0.15) is 28.8 Å². The molecule has 0 amide bonds. The highest BCUT2D eigenvalue weighted by Gasteiger charge is 2.42. The molecule has 0 spiro atoms. The molecule has 2 atom stereocenters. The fourth-order valence-electron chi connectivity index (χ4n) is 4.73. The van der Waals surface area contributed by atoms with Crippen molar-refractivity contribution in [2.45, 2.75) is 12.1 Å². The minimum atomic E-state index is -0.631. The molecule has 0 radical (unpaired) electrons. The van der Waals surface area contributed by atoms with Crippen molar-refractivity contribution >= 4 is 23.2 Å². The predicted octanol–water partition coefficient (Wildman–Crippen LogP) is 5.65. The number of nitrogens with one attached hydrogen (secondary N) is 1. The van der Waals surface area contributed by atoms with Gasteiger partial charge in [0, 0.05) is 33.4 Å². The van der Waals surface area contributed by atoms with Crippen LogP contribution in [0, 0.1) is 5.82 Å². The Kier molecular flexibility index (Phi) is 5.11. The normalized spacial score (nSPS) is 18.1. The number of methoxy groups -OCH3 is 2. The van der Waals surface area contributed by atoms with Crippen LogP contribution in [-0.2, 0) is 0 Å². The van der Waals surface area contributed by atoms with E-state index in [4.69, 9.17) is 25.8 Å². The van der Waals surface area contributed by atoms with Crippen molar-refractivity contribution < 1.29 is 18.6 Å². The van der Waals surface area contributed by atoms with Gasteiger partial charge in [-0.25, -0.2) is 9.07 Å². The molecule has 0 aliphatic carbocycles. The van der Waals surface area contributed by atoms with Crippen molar-refractivity contribution in [3.63, 3.8) is 0 Å². The number of halogens is 2. The summed E-state index contributed by atoms with van der Waals surface area (Å²) in [7, 11) is 3.19. The second kappa shape index (κ2) is 8.32. The lowest BCUT2D eigenvalue weighted by Crippen LogP contribution is -2.33. The summed E-state index contributed by atoms with van der Waals surface area (Å²) in [5, 5.41) is 8.36. The molecule has 1 aromatic heterocycles. The van der Waals surface area contributed by atoms with Crippen molar-refractivity contribution in [2.24, 2.45) is 0 Å². The average molecular weight is 491 g/mol. The van der Waals surface area contributed by atoms with Gasteiger partial charge in [-0.2, -0.15) is 10.1 Å². The number of ether oxygens (including phenoxy) is 3. The largest absolute Gasteiger partial charge is 0.497 e. The van der Waals surface area contributed by atoms with Gasteiger partial charge in [-0.1, -0.05) is 29.8 Å². The van der Waals surface area contributed by atoms with Gasteiger partial charge in [-0.05, 0) is 36.4 Å². The van der Waals surface area contributed by atoms with E-state index in [9.17, 15) is 0 Å². The molecule has 0 fully saturated rings. The highest BCUT2D eigenvalue weighted by Crippen LogP contribution is 2.52. The molecule has 6 rings (SSSR count). The molecular formula is C26H20ClFN4O3. The number of rotatable bonds is 4. The lowest BCUT2D eigenvalue weighted by molar-refractivity contribution is 0.217. The molecule has 3 aromatic carbocycles. The number of nitrogens with zero attached hydrogens (tertiary/aromatic N) is 3. The molecule has 0 unspecified atom stereocenters. The maximum atomic E-state index is 15.3. The van der Waals surface area contributed by atoms with Crippen molar-refractivity contribution in [3.8, 4) is 17.2 Å². The number of anilines is 1. The summed E-state index contributed by atoms with van der Waals surface area (Å²) in [6.45, 7) is 0. The first kappa shape index (κ1) is 21.5. The summed E-state index contributed by atoms with van der Waals surface area (Å²) in [4.78, 5) is 4.37. The van der Waals surface area contributed by atoms with Crippen LogP contribution < -0.4 is 19.5 Å². The van der Waals surface area contributed by atoms with Crippen molar-refractivity contribution in [3.05, 3.63) is 100 Å². The number of fused-ring (bicyclic) bond motifs is 3. The molecule has 3 heterocycles. The van der Waals surface area contributed by atoms with Crippen LogP contribution in [0.25, 0.3) is 5.70 Å². The molecule has 0 saturated heterocycles. The Morgan fingerprint density at radius 3 is 2.69 bits per heavy atom. The van der Waals surface area contributed by atoms with Gasteiger partial charge in [-0.3, -0.25) is 0 Å². The Balaban J connectivity index is 1.65. The Labute approximate surface area is 205 Å². The average Bonchev–Trinajstić information content (AvgIpc) is 3.36. The Morgan fingerprint density at radius 2 is 1.89 bits per heavy atom. The minimum absolute atomic E-state index is 0.356. The van der Waals surface area contributed by atoms with E-state index < -0.39 is 12.1 Å². The number of hydrogen-bond donors (Lipinski definition) is 1. The molecule has 2 aliphatic rings. The Morgan fingerprint density at radius 1 is 1.03 bits per heavy atom. The predicted molar refractivity (Wildman–Crippen MR) is 129 cm³/mol. The molecule has 2 aliphatic heterocycles. The van der Waals surface area contributed by atoms with Crippen molar-refractivity contribution in [1.29, 1.82) is 0 Å². The van der Waals surface area contributed by atoms with Crippen LogP contribution in [0.2, 0.25) is 5.02 Å². The molecule has 0 saturated carbocycles. The summed E-state index contributed by atoms with van der Waals surface area (Å²) in [5.74, 6) is 1.99. The molecule has 1 N–H and O–H groups in total. The van der Waals surface area contributed by atoms with Gasteiger partial charge < -0.3 is 19.5 Å². The highest BCUT2D eigenvalue weighted by atomic mass is 35.5. The Hall–Kier alpha value is -4.04. The molecule has 35 heavy (non-hydrogen) atoms. The maximum absolute atomic E-state index is 15.3. The number of hydrogen-bond acceptors (Lipinski definition) is 6. The SMILES string of the molecule is COc1ccc([C@@H]2Oc3ccc(Cl)cc3C3=C2[C@H](c2ccccc2F)n2ncnc2N3)c(OC)c1. The second-order valence-corrected chi connectivity index (χ2v) is 8.59. The lowest BCUT2D eigenvalue weighted by Gasteiger charge is -2.39. The molecule has 176 valence electrons. The maximum Gasteiger partial charge on any atom is 0.226 e. The summed E-state index contributed by atoms with van der Waals surface area (Å²) in [6, 6.07) is 17.0. The first-order valence-electron chi connectivity index (χ1n) is 10.9. The zero-order valence-electron chi connectivity index (χ0n) is 18.8. The fraction of sp³-hybridized carbons (Fsp3) is 0.154. The van der Waals surface area contributed by atoms with E-state index in [-0.39, 0.29) is 5.82 Å². The van der Waals surface area contributed by atoms with E-state index in [0.29, 0.717) is 33.8 Å². The zero-order valence-corrected chi connectivity index (χ0v) is 19.6. The van der Waals surface area contributed by atoms with Gasteiger partial charge in [0.2, 0.25) is 5.95 Å². The molecule has 4 aromatic rings. The standard InChI is InChI=1S/C26H20ClFN4O3/c1-33-15-8-9-17(21(12-15)34-2)25-22-23(18-11-14(27)7-10-20(18)35-25)31-26-29-13-30-32(26)24(22)16-5-3-4-6-19(16)28/h3-13,24-25H,1-2H3,(H,29,30,31)/t24-,25-/m0/s1. The van der Waals surface area contributed by atoms with Crippen LogP contribution in [0.4, 0.5) is 10.3 Å². The summed E-state index contributed by atoms with van der Waals surface area (Å²) in [6.07, 6.45) is 0.811. The highest BCUT2D eigenvalue weighted by molar-refractivity contribution is 6.30. The van der Waals surface area contributed by atoms with Crippen LogP contribution in [0.3, 0.4) is 0 Å². The number of aromatic nitrogens is 3. The van der Waals surface area contributed by atoms with Crippen molar-refractivity contribution in [2.75, 3.05) is 19.5 Å². The molecular weight excluding hydrogens is 471 g/mol. The third-order valence-corrected chi connectivity index (χ3v) is 6.53. The summed E-state index contributed by atoms with van der Waals surface area (Å²) >= 11 is 6.37. The fourth-order valence-corrected chi connectivity index (χ4v) is 4.90. The minimum Gasteiger partial charge on any atom is -0.497 e. The van der Waals surface area contributed by atoms with Gasteiger partial charge in [0.05, 0.1) is 19.9 Å². The lowest BCUT2D eigenvalue weighted by atomic mass is 9.84. The topological polar surface area (TPSA) is 70.4 Å². The van der Waals surface area contributed by atoms with Crippen LogP contribution in [0.15, 0.2) is 72.6 Å². The number of benzene rings is 3. The first-order valence-corrected chi connectivity index (χ1v) is 11.3. The third kappa shape index (κ3) is 3.40. The second-order valence-electron chi connectivity index (χ2n) is 8.15. The monoisotopic (exact) mass is 490 g/mol. The van der Waals surface area contributed by atoms with E-state index in [1.165, 1.54) is 12.4 Å². The van der Waals surface area contributed by atoms with Crippen LogP contribution in [-0.4, -0.2) is 29.0 Å². The smallest absolute Gasteiger partial charge is 0.226 e. The molecule has 0 bridgehead atoms. The van der Waals surface area contributed by atoms with E-state index in [1.54, 1.807) is 49.2 Å². The summed E-state index contributed by atoms with van der Waals surface area (Å²) in [5.41, 5.74) is 3.46. The van der Waals surface area contributed by atoms with Gasteiger partial charge >= 0.3 is 0 Å². The third-order valence-electron chi connectivity index (χ3n) is 6.30. The molecule has 9 heteroatoms. The Bertz CT molecular complexity index is 1490.